The highest BCUT2D eigenvalue weighted by Gasteiger charge is 2.10. The monoisotopic (exact) mass is 283 g/mol. The van der Waals surface area contributed by atoms with Crippen LogP contribution in [0.2, 0.25) is 0 Å². The van der Waals surface area contributed by atoms with Crippen LogP contribution in [0.15, 0.2) is 29.0 Å². The van der Waals surface area contributed by atoms with Crippen LogP contribution in [0.3, 0.4) is 0 Å². The predicted molar refractivity (Wildman–Crippen MR) is 65.4 cm³/mol. The normalized spacial score (nSPS) is 10.7. The fraction of sp³-hybridized carbons (Fsp3) is 0.182. The van der Waals surface area contributed by atoms with Crippen LogP contribution in [0, 0.1) is 5.82 Å². The topological polar surface area (TPSA) is 43.8 Å². The first-order chi connectivity index (χ1) is 7.63. The number of hydrogen-bond donors (Lipinski definition) is 1. The van der Waals surface area contributed by atoms with Gasteiger partial charge >= 0.3 is 0 Å². The molecule has 2 N–H and O–H groups in total. The van der Waals surface area contributed by atoms with E-state index in [1.165, 1.54) is 6.07 Å². The number of anilines is 1. The molecular formula is C11H11BrFN3. The molecule has 0 saturated heterocycles. The zero-order valence-electron chi connectivity index (χ0n) is 8.74. The zero-order valence-corrected chi connectivity index (χ0v) is 10.3. The van der Waals surface area contributed by atoms with Crippen LogP contribution in [0.25, 0.3) is 11.3 Å². The van der Waals surface area contributed by atoms with E-state index in [-0.39, 0.29) is 5.82 Å². The van der Waals surface area contributed by atoms with Crippen molar-refractivity contribution in [3.63, 3.8) is 0 Å². The van der Waals surface area contributed by atoms with Crippen molar-refractivity contribution in [1.82, 2.24) is 9.55 Å². The number of nitrogens with two attached hydrogens (primary N) is 1. The van der Waals surface area contributed by atoms with Gasteiger partial charge in [-0.15, -0.1) is 0 Å². The molecule has 16 heavy (non-hydrogen) atoms. The summed E-state index contributed by atoms with van der Waals surface area (Å²) in [5, 5.41) is 0. The molecule has 0 aliphatic rings. The highest BCUT2D eigenvalue weighted by Crippen LogP contribution is 2.27. The fourth-order valence-electron chi connectivity index (χ4n) is 1.51. The van der Waals surface area contributed by atoms with Crippen molar-refractivity contribution in [3.05, 3.63) is 34.8 Å². The molecule has 1 heterocycles. The number of benzene rings is 1. The highest BCUT2D eigenvalue weighted by atomic mass is 79.9. The molecule has 84 valence electrons. The van der Waals surface area contributed by atoms with Gasteiger partial charge in [-0.25, -0.2) is 9.37 Å². The zero-order chi connectivity index (χ0) is 11.7. The maximum absolute atomic E-state index is 13.4. The number of imidazole rings is 1. The Balaban J connectivity index is 2.50. The van der Waals surface area contributed by atoms with Crippen LogP contribution in [-0.2, 0) is 6.54 Å². The molecule has 0 aliphatic carbocycles. The molecular weight excluding hydrogens is 273 g/mol. The Bertz CT molecular complexity index is 522. The Morgan fingerprint density at radius 3 is 2.81 bits per heavy atom. The largest absolute Gasteiger partial charge is 0.383 e. The second-order valence-corrected chi connectivity index (χ2v) is 4.25. The van der Waals surface area contributed by atoms with Gasteiger partial charge in [0.15, 0.2) is 0 Å². The lowest BCUT2D eigenvalue weighted by Gasteiger charge is -2.03. The van der Waals surface area contributed by atoms with E-state index in [1.807, 2.05) is 11.5 Å². The Kier molecular flexibility index (Phi) is 2.96. The average molecular weight is 284 g/mol. The van der Waals surface area contributed by atoms with E-state index in [4.69, 9.17) is 5.73 Å². The van der Waals surface area contributed by atoms with Crippen LogP contribution in [0.1, 0.15) is 6.92 Å². The summed E-state index contributed by atoms with van der Waals surface area (Å²) in [5.74, 6) is 0.243. The Morgan fingerprint density at radius 1 is 1.50 bits per heavy atom. The van der Waals surface area contributed by atoms with Crippen LogP contribution < -0.4 is 5.73 Å². The first-order valence-electron chi connectivity index (χ1n) is 4.89. The van der Waals surface area contributed by atoms with Gasteiger partial charge in [0.1, 0.15) is 17.3 Å². The predicted octanol–water partition coefficient (Wildman–Crippen LogP) is 3.05. The Labute approximate surface area is 101 Å². The quantitative estimate of drug-likeness (QED) is 0.921. The molecule has 0 amide bonds. The maximum Gasteiger partial charge on any atom is 0.138 e. The molecule has 0 fully saturated rings. The van der Waals surface area contributed by atoms with Crippen molar-refractivity contribution in [2.45, 2.75) is 13.5 Å². The van der Waals surface area contributed by atoms with Gasteiger partial charge in [0, 0.05) is 12.1 Å². The van der Waals surface area contributed by atoms with Crippen LogP contribution in [-0.4, -0.2) is 9.55 Å². The number of halogens is 2. The fourth-order valence-corrected chi connectivity index (χ4v) is 1.76. The number of nitrogens with zero attached hydrogens (tertiary/aromatic N) is 2. The van der Waals surface area contributed by atoms with E-state index < -0.39 is 0 Å². The molecule has 0 aliphatic heterocycles. The number of aromatic nitrogens is 2. The summed E-state index contributed by atoms with van der Waals surface area (Å²) in [6.45, 7) is 2.72. The summed E-state index contributed by atoms with van der Waals surface area (Å²) in [7, 11) is 0. The summed E-state index contributed by atoms with van der Waals surface area (Å²) in [4.78, 5) is 4.18. The number of nitrogen functional groups attached to an aromatic ring is 1. The average Bonchev–Trinajstić information content (AvgIpc) is 2.64. The molecule has 0 saturated carbocycles. The number of hydrogen-bond acceptors (Lipinski definition) is 2. The second-order valence-electron chi connectivity index (χ2n) is 3.39. The molecule has 3 nitrogen and oxygen atoms in total. The molecule has 0 radical (unpaired) electrons. The SMILES string of the molecule is CCn1cnc(-c2ccc(Br)c(F)c2)c1N. The third-order valence-corrected chi connectivity index (χ3v) is 3.06. The van der Waals surface area contributed by atoms with E-state index >= 15 is 0 Å². The van der Waals surface area contributed by atoms with E-state index in [0.29, 0.717) is 21.5 Å². The van der Waals surface area contributed by atoms with Gasteiger partial charge in [-0.05, 0) is 35.0 Å². The molecule has 0 spiro atoms. The molecule has 0 unspecified atom stereocenters. The molecule has 1 aromatic heterocycles. The molecule has 5 heteroatoms. The van der Waals surface area contributed by atoms with Crippen LogP contribution in [0.4, 0.5) is 10.2 Å². The third-order valence-electron chi connectivity index (χ3n) is 2.41. The molecule has 1 aromatic carbocycles. The van der Waals surface area contributed by atoms with Crippen molar-refractivity contribution >= 4 is 21.7 Å². The Hall–Kier alpha value is -1.36. The van der Waals surface area contributed by atoms with Crippen molar-refractivity contribution in [3.8, 4) is 11.3 Å². The summed E-state index contributed by atoms with van der Waals surface area (Å²) < 4.78 is 15.6. The molecule has 2 rings (SSSR count). The van der Waals surface area contributed by atoms with Crippen molar-refractivity contribution in [1.29, 1.82) is 0 Å². The lowest BCUT2D eigenvalue weighted by molar-refractivity contribution is 0.621. The summed E-state index contributed by atoms with van der Waals surface area (Å²) in [6, 6.07) is 4.85. The smallest absolute Gasteiger partial charge is 0.138 e. The first-order valence-corrected chi connectivity index (χ1v) is 5.68. The minimum absolute atomic E-state index is 0.317. The van der Waals surface area contributed by atoms with Crippen molar-refractivity contribution in [2.24, 2.45) is 0 Å². The second kappa shape index (κ2) is 4.25. The highest BCUT2D eigenvalue weighted by molar-refractivity contribution is 9.10. The lowest BCUT2D eigenvalue weighted by atomic mass is 10.1. The minimum atomic E-state index is -0.317. The van der Waals surface area contributed by atoms with E-state index in [0.717, 1.165) is 6.54 Å². The molecule has 2 aromatic rings. The summed E-state index contributed by atoms with van der Waals surface area (Å²) in [5.41, 5.74) is 7.20. The van der Waals surface area contributed by atoms with E-state index in [9.17, 15) is 4.39 Å². The van der Waals surface area contributed by atoms with Gasteiger partial charge in [0.05, 0.1) is 10.8 Å². The standard InChI is InChI=1S/C11H11BrFN3/c1-2-16-6-15-10(11(16)14)7-3-4-8(12)9(13)5-7/h3-6H,2,14H2,1H3. The van der Waals surface area contributed by atoms with Gasteiger partial charge in [0.25, 0.3) is 0 Å². The van der Waals surface area contributed by atoms with Crippen molar-refractivity contribution < 1.29 is 4.39 Å². The van der Waals surface area contributed by atoms with E-state index in [2.05, 4.69) is 20.9 Å². The first kappa shape index (κ1) is 11.1. The van der Waals surface area contributed by atoms with Crippen LogP contribution >= 0.6 is 15.9 Å². The molecule has 0 atom stereocenters. The molecule has 0 bridgehead atoms. The van der Waals surface area contributed by atoms with E-state index in [1.54, 1.807) is 18.5 Å². The minimum Gasteiger partial charge on any atom is -0.383 e. The summed E-state index contributed by atoms with van der Waals surface area (Å²) >= 11 is 3.11. The Morgan fingerprint density at radius 2 is 2.25 bits per heavy atom. The van der Waals surface area contributed by atoms with Gasteiger partial charge < -0.3 is 10.3 Å². The maximum atomic E-state index is 13.4. The van der Waals surface area contributed by atoms with Gasteiger partial charge in [0.2, 0.25) is 0 Å². The lowest BCUT2D eigenvalue weighted by Crippen LogP contribution is -1.99. The van der Waals surface area contributed by atoms with Gasteiger partial charge in [-0.3, -0.25) is 0 Å². The van der Waals surface area contributed by atoms with Gasteiger partial charge in [-0.2, -0.15) is 0 Å². The number of rotatable bonds is 2. The third kappa shape index (κ3) is 1.82. The number of aryl methyl sites for hydroxylation is 1. The summed E-state index contributed by atoms with van der Waals surface area (Å²) in [6.07, 6.45) is 1.66. The van der Waals surface area contributed by atoms with Gasteiger partial charge in [-0.1, -0.05) is 6.07 Å². The van der Waals surface area contributed by atoms with Crippen LogP contribution in [0.5, 0.6) is 0 Å². The van der Waals surface area contributed by atoms with Crippen molar-refractivity contribution in [2.75, 3.05) is 5.73 Å².